The average molecular weight is 761 g/mol. The van der Waals surface area contributed by atoms with Crippen molar-refractivity contribution in [3.05, 3.63) is 35.9 Å². The van der Waals surface area contributed by atoms with Gasteiger partial charge in [-0.15, -0.1) is 0 Å². The first kappa shape index (κ1) is 42.5. The molecule has 0 aliphatic carbocycles. The number of primary amides is 1. The summed E-state index contributed by atoms with van der Waals surface area (Å²) in [5.74, 6) is -6.50. The van der Waals surface area contributed by atoms with E-state index in [0.717, 1.165) is 0 Å². The van der Waals surface area contributed by atoms with E-state index in [2.05, 4.69) is 31.9 Å². The molecule has 292 valence electrons. The number of fused-ring (bicyclic) bond motifs is 1. The van der Waals surface area contributed by atoms with Crippen molar-refractivity contribution in [3.8, 4) is 0 Å². The number of carbonyl (C=O) groups is 8. The third-order valence-corrected chi connectivity index (χ3v) is 10.2. The summed E-state index contributed by atoms with van der Waals surface area (Å²) < 4.78 is 11.9. The Hall–Kier alpha value is -4.87. The molecule has 1 aromatic rings. The monoisotopic (exact) mass is 760 g/mol. The molecular weight excluding hydrogens is 708 g/mol. The van der Waals surface area contributed by atoms with E-state index >= 15 is 0 Å². The largest absolute Gasteiger partial charge is 0.370 e. The number of nitrogens with one attached hydrogen (secondary N) is 6. The van der Waals surface area contributed by atoms with Crippen LogP contribution < -0.4 is 37.6 Å². The molecule has 18 heteroatoms. The van der Waals surface area contributed by atoms with Crippen molar-refractivity contribution in [2.75, 3.05) is 18.6 Å². The summed E-state index contributed by atoms with van der Waals surface area (Å²) in [6, 6.07) is 0.109. The molecule has 0 radical (unpaired) electrons. The van der Waals surface area contributed by atoms with Gasteiger partial charge in [0.25, 0.3) is 0 Å². The van der Waals surface area contributed by atoms with Crippen LogP contribution in [-0.2, 0) is 55.6 Å². The lowest BCUT2D eigenvalue weighted by atomic mass is 9.96. The maximum Gasteiger partial charge on any atom is 0.246 e. The van der Waals surface area contributed by atoms with Gasteiger partial charge < -0.3 is 42.5 Å². The van der Waals surface area contributed by atoms with Crippen LogP contribution in [0.5, 0.6) is 0 Å². The van der Waals surface area contributed by atoms with Gasteiger partial charge in [0.2, 0.25) is 47.3 Å². The molecule has 1 aromatic carbocycles. The minimum absolute atomic E-state index is 0.0167. The summed E-state index contributed by atoms with van der Waals surface area (Å²) in [5, 5.41) is 15.4. The van der Waals surface area contributed by atoms with E-state index in [1.54, 1.807) is 37.3 Å². The number of benzene rings is 1. The molecule has 17 nitrogen and oxygen atoms in total. The highest BCUT2D eigenvalue weighted by Gasteiger charge is 2.41. The zero-order valence-electron chi connectivity index (χ0n) is 30.8. The Labute approximate surface area is 311 Å². The van der Waals surface area contributed by atoms with Crippen molar-refractivity contribution in [1.82, 2.24) is 36.8 Å². The highest BCUT2D eigenvalue weighted by atomic mass is 32.2. The van der Waals surface area contributed by atoms with E-state index in [9.17, 15) is 42.6 Å². The number of amides is 8. The highest BCUT2D eigenvalue weighted by Crippen LogP contribution is 2.22. The van der Waals surface area contributed by atoms with Crippen LogP contribution in [0, 0.1) is 5.92 Å². The Morgan fingerprint density at radius 3 is 1.94 bits per heavy atom. The second-order valence-corrected chi connectivity index (χ2v) is 15.2. The molecular formula is C35H52N8O9S. The predicted octanol–water partition coefficient (Wildman–Crippen LogP) is -2.13. The molecule has 8 N–H and O–H groups in total. The van der Waals surface area contributed by atoms with E-state index in [-0.39, 0.29) is 37.5 Å². The van der Waals surface area contributed by atoms with Crippen molar-refractivity contribution in [2.24, 2.45) is 11.7 Å². The maximum absolute atomic E-state index is 14.1. The van der Waals surface area contributed by atoms with Crippen molar-refractivity contribution in [2.45, 2.75) is 109 Å². The van der Waals surface area contributed by atoms with Gasteiger partial charge in [-0.05, 0) is 44.6 Å². The molecule has 0 aromatic heterocycles. The number of nitrogens with two attached hydrogens (primary N) is 1. The minimum atomic E-state index is -1.56. The van der Waals surface area contributed by atoms with Gasteiger partial charge in [0.05, 0.1) is 6.42 Å². The first-order chi connectivity index (χ1) is 25.0. The Morgan fingerprint density at radius 1 is 0.811 bits per heavy atom. The summed E-state index contributed by atoms with van der Waals surface area (Å²) >= 11 is 0. The maximum atomic E-state index is 14.1. The number of carbonyl (C=O) groups excluding carboxylic acids is 8. The van der Waals surface area contributed by atoms with Crippen LogP contribution >= 0.6 is 0 Å². The molecule has 0 saturated carbocycles. The number of nitrogens with zero attached hydrogens (tertiary/aromatic N) is 1. The van der Waals surface area contributed by atoms with E-state index in [1.165, 1.54) is 25.0 Å². The summed E-state index contributed by atoms with van der Waals surface area (Å²) in [7, 11) is -1.35. The van der Waals surface area contributed by atoms with Gasteiger partial charge in [0, 0.05) is 35.8 Å². The van der Waals surface area contributed by atoms with Gasteiger partial charge in [-0.2, -0.15) is 0 Å². The molecule has 9 atom stereocenters. The second-order valence-electron chi connectivity index (χ2n) is 13.6. The van der Waals surface area contributed by atoms with Crippen molar-refractivity contribution in [3.63, 3.8) is 0 Å². The standard InChI is InChI=1S/C35H52N8O9S/c1-6-19(2)28-35(51)43-15-10-13-26(43)34(50)41-24(17-22-11-8-7-9-12-22)33(49)40-25(18-27(36)44)32(48)38-20(3)29(45)39-23(14-16-53(5)52)31(47)37-21(4)30(46)42-28/h7-9,11-12,19-21,23-26,28H,6,10,13-18H2,1-5H3,(H2,36,44)(H,37,47)(H,38,48)(H,39,45)(H,40,49)(H,41,50)(H,42,46)/t19-,20-,21-,23-,24-,25-,26-,28-,53?/m0/s1. The third kappa shape index (κ3) is 12.4. The Bertz CT molecular complexity index is 1560. The quantitative estimate of drug-likeness (QED) is 0.145. The van der Waals surface area contributed by atoms with Gasteiger partial charge in [0.15, 0.2) is 0 Å². The van der Waals surface area contributed by atoms with Gasteiger partial charge >= 0.3 is 0 Å². The van der Waals surface area contributed by atoms with Gasteiger partial charge in [-0.25, -0.2) is 0 Å². The molecule has 8 amide bonds. The van der Waals surface area contributed by atoms with Crippen LogP contribution in [0.15, 0.2) is 30.3 Å². The van der Waals surface area contributed by atoms with E-state index in [1.807, 2.05) is 6.92 Å². The fourth-order valence-corrected chi connectivity index (χ4v) is 6.63. The van der Waals surface area contributed by atoms with Gasteiger partial charge in [-0.3, -0.25) is 42.6 Å². The lowest BCUT2D eigenvalue weighted by molar-refractivity contribution is -0.143. The van der Waals surface area contributed by atoms with Crippen LogP contribution in [0.3, 0.4) is 0 Å². The lowest BCUT2D eigenvalue weighted by Gasteiger charge is -2.32. The van der Waals surface area contributed by atoms with E-state index < -0.39 is 107 Å². The lowest BCUT2D eigenvalue weighted by Crippen LogP contribution is -2.60. The number of rotatable bonds is 9. The van der Waals surface area contributed by atoms with E-state index in [0.29, 0.717) is 18.4 Å². The second kappa shape index (κ2) is 19.8. The zero-order valence-corrected chi connectivity index (χ0v) is 31.6. The Balaban J connectivity index is 2.06. The fraction of sp³-hybridized carbons (Fsp3) is 0.600. The molecule has 0 bridgehead atoms. The average Bonchev–Trinajstić information content (AvgIpc) is 3.61. The van der Waals surface area contributed by atoms with Gasteiger partial charge in [-0.1, -0.05) is 50.6 Å². The third-order valence-electron chi connectivity index (χ3n) is 9.40. The number of hydrogen-bond acceptors (Lipinski definition) is 9. The zero-order chi connectivity index (χ0) is 39.4. The molecule has 0 spiro atoms. The SMILES string of the molecule is CC[C@H](C)[C@@H]1NC(=O)[C@H](C)NC(=O)[C@H](CCS(C)=O)NC(=O)[C@H](C)NC(=O)[C@H](CC(N)=O)NC(=O)[C@H](Cc2ccccc2)NC(=O)[C@@H]2CCCN2C1=O. The summed E-state index contributed by atoms with van der Waals surface area (Å²) in [5.41, 5.74) is 6.08. The Kier molecular flexibility index (Phi) is 15.9. The molecule has 2 saturated heterocycles. The van der Waals surface area contributed by atoms with Crippen molar-refractivity contribution in [1.29, 1.82) is 0 Å². The fourth-order valence-electron chi connectivity index (χ4n) is 6.06. The van der Waals surface area contributed by atoms with E-state index in [4.69, 9.17) is 5.73 Å². The minimum Gasteiger partial charge on any atom is -0.370 e. The van der Waals surface area contributed by atoms with Crippen LogP contribution in [0.4, 0.5) is 0 Å². The van der Waals surface area contributed by atoms with Crippen LogP contribution in [0.1, 0.15) is 65.4 Å². The number of hydrogen-bond donors (Lipinski definition) is 7. The van der Waals surface area contributed by atoms with Crippen molar-refractivity contribution >= 4 is 58.1 Å². The van der Waals surface area contributed by atoms with Crippen LogP contribution in [0.25, 0.3) is 0 Å². The molecule has 2 aliphatic heterocycles. The summed E-state index contributed by atoms with van der Waals surface area (Å²) in [4.78, 5) is 109. The molecule has 1 unspecified atom stereocenters. The first-order valence-electron chi connectivity index (χ1n) is 17.8. The molecule has 2 aliphatic rings. The molecule has 2 heterocycles. The normalized spacial score (nSPS) is 28.1. The van der Waals surface area contributed by atoms with Gasteiger partial charge in [0.1, 0.15) is 42.3 Å². The summed E-state index contributed by atoms with van der Waals surface area (Å²) in [6.07, 6.45) is 1.92. The van der Waals surface area contributed by atoms with Crippen LogP contribution in [0.2, 0.25) is 0 Å². The van der Waals surface area contributed by atoms with Crippen molar-refractivity contribution < 1.29 is 42.6 Å². The molecule has 53 heavy (non-hydrogen) atoms. The molecule has 3 rings (SSSR count). The predicted molar refractivity (Wildman–Crippen MR) is 195 cm³/mol. The topological polar surface area (TPSA) is 255 Å². The highest BCUT2D eigenvalue weighted by molar-refractivity contribution is 7.84. The smallest absolute Gasteiger partial charge is 0.246 e. The Morgan fingerprint density at radius 2 is 1.36 bits per heavy atom. The van der Waals surface area contributed by atoms with Crippen LogP contribution in [-0.4, -0.2) is 117 Å². The summed E-state index contributed by atoms with van der Waals surface area (Å²) in [6.45, 7) is 6.54. The molecule has 2 fully saturated rings. The first-order valence-corrected chi connectivity index (χ1v) is 19.5.